The first-order valence-corrected chi connectivity index (χ1v) is 15.4. The van der Waals surface area contributed by atoms with Crippen LogP contribution in [-0.4, -0.2) is 88.3 Å². The van der Waals surface area contributed by atoms with Crippen molar-refractivity contribution < 1.29 is 14.2 Å². The molecule has 2 aliphatic rings. The molecule has 1 atom stereocenters. The van der Waals surface area contributed by atoms with Crippen molar-refractivity contribution in [2.24, 2.45) is 0 Å². The van der Waals surface area contributed by atoms with Crippen LogP contribution < -0.4 is 19.7 Å². The minimum Gasteiger partial charge on any atom is -0.494 e. The predicted molar refractivity (Wildman–Crippen MR) is 171 cm³/mol. The van der Waals surface area contributed by atoms with Crippen molar-refractivity contribution in [1.29, 1.82) is 10.5 Å². The lowest BCUT2D eigenvalue weighted by atomic mass is 10.0. The van der Waals surface area contributed by atoms with E-state index in [4.69, 9.17) is 19.5 Å². The Labute approximate surface area is 268 Å². The molecule has 236 valence electrons. The first-order chi connectivity index (χ1) is 22.5. The smallest absolute Gasteiger partial charge is 0.252 e. The average molecular weight is 621 g/mol. The van der Waals surface area contributed by atoms with Gasteiger partial charge in [-0.25, -0.2) is 19.6 Å². The number of ether oxygens (including phenoxy) is 3. The summed E-state index contributed by atoms with van der Waals surface area (Å²) in [6.45, 7) is 7.98. The van der Waals surface area contributed by atoms with Gasteiger partial charge in [-0.2, -0.15) is 10.5 Å². The highest BCUT2D eigenvalue weighted by molar-refractivity contribution is 5.70. The Kier molecular flexibility index (Phi) is 9.53. The van der Waals surface area contributed by atoms with Gasteiger partial charge in [0, 0.05) is 61.9 Å². The summed E-state index contributed by atoms with van der Waals surface area (Å²) in [4.78, 5) is 18.0. The van der Waals surface area contributed by atoms with E-state index in [0.717, 1.165) is 80.5 Å². The number of hydrogen-bond acceptors (Lipinski definition) is 12. The van der Waals surface area contributed by atoms with Crippen molar-refractivity contribution in [3.8, 4) is 34.8 Å². The number of aromatic nitrogens is 5. The second-order valence-electron chi connectivity index (χ2n) is 11.3. The second kappa shape index (κ2) is 14.2. The molecule has 2 aromatic carbocycles. The van der Waals surface area contributed by atoms with Crippen molar-refractivity contribution in [2.45, 2.75) is 38.5 Å². The Morgan fingerprint density at radius 2 is 1.74 bits per heavy atom. The number of benzene rings is 2. The van der Waals surface area contributed by atoms with Crippen molar-refractivity contribution in [1.82, 2.24) is 29.6 Å². The van der Waals surface area contributed by atoms with Gasteiger partial charge in [0.2, 0.25) is 5.95 Å². The number of hydrogen-bond donors (Lipinski definition) is 1. The fraction of sp³-hybridized carbons (Fsp3) is 0.394. The highest BCUT2D eigenvalue weighted by atomic mass is 16.5. The zero-order valence-electron chi connectivity index (χ0n) is 26.0. The first-order valence-electron chi connectivity index (χ1n) is 15.4. The van der Waals surface area contributed by atoms with Crippen LogP contribution in [0.3, 0.4) is 0 Å². The highest BCUT2D eigenvalue weighted by Crippen LogP contribution is 2.34. The van der Waals surface area contributed by atoms with Crippen LogP contribution in [0.25, 0.3) is 11.1 Å². The number of rotatable bonds is 10. The number of morpholine rings is 1. The third-order valence-electron chi connectivity index (χ3n) is 8.32. The molecule has 4 heterocycles. The van der Waals surface area contributed by atoms with E-state index in [1.165, 1.54) is 11.0 Å². The molecule has 0 aliphatic carbocycles. The van der Waals surface area contributed by atoms with Gasteiger partial charge in [-0.3, -0.25) is 4.90 Å². The van der Waals surface area contributed by atoms with Crippen LogP contribution in [0, 0.1) is 22.7 Å². The van der Waals surface area contributed by atoms with E-state index in [1.807, 2.05) is 25.1 Å². The van der Waals surface area contributed by atoms with E-state index in [9.17, 15) is 5.26 Å². The van der Waals surface area contributed by atoms with E-state index in [-0.39, 0.29) is 11.9 Å². The van der Waals surface area contributed by atoms with Crippen molar-refractivity contribution >= 4 is 17.3 Å². The highest BCUT2D eigenvalue weighted by Gasteiger charge is 2.26. The molecular formula is C33H36N10O3. The lowest BCUT2D eigenvalue weighted by molar-refractivity contribution is 0.0115. The summed E-state index contributed by atoms with van der Waals surface area (Å²) in [6, 6.07) is 16.2. The number of piperidine rings is 1. The van der Waals surface area contributed by atoms with Crippen LogP contribution in [0.4, 0.5) is 17.3 Å². The normalized spacial score (nSPS) is 16.3. The van der Waals surface area contributed by atoms with E-state index >= 15 is 0 Å². The molecule has 2 saturated heterocycles. The molecule has 4 aromatic rings. The van der Waals surface area contributed by atoms with Gasteiger partial charge in [0.15, 0.2) is 0 Å². The molecular weight excluding hydrogens is 584 g/mol. The van der Waals surface area contributed by atoms with Gasteiger partial charge < -0.3 is 24.4 Å². The molecule has 1 unspecified atom stereocenters. The summed E-state index contributed by atoms with van der Waals surface area (Å²) >= 11 is 0. The van der Waals surface area contributed by atoms with Crippen LogP contribution in [0.1, 0.15) is 31.2 Å². The second-order valence-corrected chi connectivity index (χ2v) is 11.3. The quantitative estimate of drug-likeness (QED) is 0.273. The fourth-order valence-electron chi connectivity index (χ4n) is 5.92. The lowest BCUT2D eigenvalue weighted by Crippen LogP contribution is -2.49. The predicted octanol–water partition coefficient (Wildman–Crippen LogP) is 4.00. The molecule has 13 heteroatoms. The minimum absolute atomic E-state index is 0.0933. The topological polar surface area (TPSA) is 150 Å². The largest absolute Gasteiger partial charge is 0.494 e. The average Bonchev–Trinajstić information content (AvgIpc) is 3.56. The molecule has 2 fully saturated rings. The standard InChI is InChI=1S/C33H36N10O3/c1-23(21-43-22-38-32(18-35)40-43)46-30-15-24(3-4-25(30)17-34)26-19-36-33(37-20-26)39-29-6-5-28(16-31(29)44-2)41-9-7-27(8-10-41)42-11-13-45-14-12-42/h3-6,15-16,19-20,22-23,27H,7-14,21H2,1-2H3,(H,36,37,39). The molecule has 1 N–H and O–H groups in total. The van der Waals surface area contributed by atoms with Crippen LogP contribution in [0.2, 0.25) is 0 Å². The molecule has 6 rings (SSSR count). The molecule has 0 spiro atoms. The zero-order chi connectivity index (χ0) is 31.9. The fourth-order valence-corrected chi connectivity index (χ4v) is 5.92. The van der Waals surface area contributed by atoms with Gasteiger partial charge >= 0.3 is 0 Å². The van der Waals surface area contributed by atoms with Gasteiger partial charge in [-0.1, -0.05) is 6.07 Å². The maximum Gasteiger partial charge on any atom is 0.252 e. The van der Waals surface area contributed by atoms with E-state index in [2.05, 4.69) is 53.4 Å². The Balaban J connectivity index is 1.09. The molecule has 0 radical (unpaired) electrons. The van der Waals surface area contributed by atoms with E-state index in [0.29, 0.717) is 29.8 Å². The van der Waals surface area contributed by atoms with Crippen LogP contribution in [0.5, 0.6) is 11.5 Å². The number of nitrogens with zero attached hydrogens (tertiary/aromatic N) is 9. The molecule has 2 aromatic heterocycles. The van der Waals surface area contributed by atoms with E-state index in [1.54, 1.807) is 31.6 Å². The summed E-state index contributed by atoms with van der Waals surface area (Å²) in [5.41, 5.74) is 3.90. The summed E-state index contributed by atoms with van der Waals surface area (Å²) in [6.07, 6.45) is 6.88. The Hall–Kier alpha value is -5.24. The minimum atomic E-state index is -0.332. The van der Waals surface area contributed by atoms with Gasteiger partial charge in [0.1, 0.15) is 36.1 Å². The van der Waals surface area contributed by atoms with Crippen molar-refractivity contribution in [3.05, 3.63) is 66.5 Å². The van der Waals surface area contributed by atoms with Crippen LogP contribution in [-0.2, 0) is 11.3 Å². The maximum absolute atomic E-state index is 9.64. The van der Waals surface area contributed by atoms with E-state index < -0.39 is 0 Å². The Bertz CT molecular complexity index is 1710. The van der Waals surface area contributed by atoms with Gasteiger partial charge in [-0.05, 0) is 49.6 Å². The Morgan fingerprint density at radius 1 is 0.957 bits per heavy atom. The third kappa shape index (κ3) is 7.18. The number of anilines is 3. The van der Waals surface area contributed by atoms with Crippen molar-refractivity contribution in [3.63, 3.8) is 0 Å². The molecule has 0 saturated carbocycles. The number of nitriles is 2. The summed E-state index contributed by atoms with van der Waals surface area (Å²) in [5, 5.41) is 26.0. The summed E-state index contributed by atoms with van der Waals surface area (Å²) in [5.74, 6) is 1.68. The number of nitrogens with one attached hydrogen (secondary N) is 1. The van der Waals surface area contributed by atoms with Crippen LogP contribution >= 0.6 is 0 Å². The van der Waals surface area contributed by atoms with Crippen molar-refractivity contribution in [2.75, 3.05) is 56.7 Å². The maximum atomic E-state index is 9.64. The number of methoxy groups -OCH3 is 1. The van der Waals surface area contributed by atoms with Gasteiger partial charge in [0.25, 0.3) is 5.82 Å². The first kappa shape index (κ1) is 30.8. The zero-order valence-corrected chi connectivity index (χ0v) is 26.0. The Morgan fingerprint density at radius 3 is 2.43 bits per heavy atom. The van der Waals surface area contributed by atoms with Crippen LogP contribution in [0.15, 0.2) is 55.1 Å². The molecule has 0 bridgehead atoms. The monoisotopic (exact) mass is 620 g/mol. The SMILES string of the molecule is COc1cc(N2CCC(N3CCOCC3)CC2)ccc1Nc1ncc(-c2ccc(C#N)c(OC(C)Cn3cnc(C#N)n3)c2)cn1. The molecule has 13 nitrogen and oxygen atoms in total. The molecule has 2 aliphatic heterocycles. The lowest BCUT2D eigenvalue weighted by Gasteiger charge is -2.40. The van der Waals surface area contributed by atoms with Gasteiger partial charge in [0.05, 0.1) is 38.1 Å². The van der Waals surface area contributed by atoms with Gasteiger partial charge in [-0.15, -0.1) is 5.10 Å². The molecule has 46 heavy (non-hydrogen) atoms. The molecule has 0 amide bonds. The summed E-state index contributed by atoms with van der Waals surface area (Å²) < 4.78 is 18.9. The third-order valence-corrected chi connectivity index (χ3v) is 8.32. The summed E-state index contributed by atoms with van der Waals surface area (Å²) in [7, 11) is 1.67.